The van der Waals surface area contributed by atoms with E-state index in [-0.39, 0.29) is 5.69 Å². The third-order valence-electron chi connectivity index (χ3n) is 1.77. The zero-order valence-electron chi connectivity index (χ0n) is 10.6. The molecular weight excluding hydrogens is 282 g/mol. The molecule has 5 nitrogen and oxygen atoms in total. The number of ether oxygens (including phenoxy) is 2. The lowest BCUT2D eigenvalue weighted by Crippen LogP contribution is -2.27. The van der Waals surface area contributed by atoms with Crippen molar-refractivity contribution >= 4 is 23.4 Å². The number of nitrogens with one attached hydrogen (secondary N) is 1. The molecular formula is C11H13ClF2N2O3. The number of anilines is 1. The number of carbonyl (C=O) groups excluding carboxylic acids is 1. The summed E-state index contributed by atoms with van der Waals surface area (Å²) in [7, 11) is 0. The van der Waals surface area contributed by atoms with Gasteiger partial charge in [0.15, 0.2) is 10.9 Å². The van der Waals surface area contributed by atoms with Crippen molar-refractivity contribution in [3.8, 4) is 5.75 Å². The Bertz CT molecular complexity index is 478. The molecule has 8 heteroatoms. The minimum Gasteiger partial charge on any atom is -0.457 e. The molecule has 1 aromatic heterocycles. The molecule has 0 spiro atoms. The maximum absolute atomic E-state index is 13.6. The quantitative estimate of drug-likeness (QED) is 0.866. The molecule has 0 aliphatic heterocycles. The first-order valence-electron chi connectivity index (χ1n) is 5.27. The number of rotatable bonds is 3. The van der Waals surface area contributed by atoms with E-state index in [2.05, 4.69) is 15.0 Å². The van der Waals surface area contributed by atoms with Crippen LogP contribution in [0.4, 0.5) is 19.3 Å². The Balaban J connectivity index is 2.95. The second kappa shape index (κ2) is 6.01. The summed E-state index contributed by atoms with van der Waals surface area (Å²) in [4.78, 5) is 15.0. The monoisotopic (exact) mass is 294 g/mol. The fourth-order valence-corrected chi connectivity index (χ4v) is 1.28. The molecule has 0 atom stereocenters. The van der Waals surface area contributed by atoms with E-state index in [0.29, 0.717) is 0 Å². The topological polar surface area (TPSA) is 60.5 Å². The minimum atomic E-state index is -1.28. The Labute approximate surface area is 113 Å². The maximum atomic E-state index is 13.6. The highest BCUT2D eigenvalue weighted by Gasteiger charge is 2.21. The van der Waals surface area contributed by atoms with Gasteiger partial charge in [-0.15, -0.1) is 0 Å². The molecule has 0 saturated carbocycles. The molecule has 1 N–H and O–H groups in total. The summed E-state index contributed by atoms with van der Waals surface area (Å²) in [5.41, 5.74) is -0.905. The molecule has 19 heavy (non-hydrogen) atoms. The van der Waals surface area contributed by atoms with Crippen LogP contribution in [0.15, 0.2) is 6.20 Å². The van der Waals surface area contributed by atoms with E-state index >= 15 is 0 Å². The molecule has 0 aliphatic carbocycles. The maximum Gasteiger partial charge on any atom is 0.412 e. The third kappa shape index (κ3) is 4.51. The lowest BCUT2D eigenvalue weighted by Gasteiger charge is -2.20. The standard InChI is InChI=1S/C11H13ClF2N2O3/c1-11(2,3)19-10(17)16-6-4-15-9(12)7(14)8(6)18-5-13/h4H,5H2,1-3H3,(H,16,17). The van der Waals surface area contributed by atoms with Gasteiger partial charge in [-0.25, -0.2) is 14.2 Å². The molecule has 0 unspecified atom stereocenters. The summed E-state index contributed by atoms with van der Waals surface area (Å²) < 4.78 is 35.1. The van der Waals surface area contributed by atoms with E-state index in [0.717, 1.165) is 6.20 Å². The SMILES string of the molecule is CC(C)(C)OC(=O)Nc1cnc(Cl)c(F)c1OCF. The van der Waals surface area contributed by atoms with Gasteiger partial charge in [0, 0.05) is 0 Å². The van der Waals surface area contributed by atoms with Crippen molar-refractivity contribution < 1.29 is 23.0 Å². The third-order valence-corrected chi connectivity index (χ3v) is 2.03. The molecule has 1 heterocycles. The van der Waals surface area contributed by atoms with Gasteiger partial charge in [-0.2, -0.15) is 4.39 Å². The van der Waals surface area contributed by atoms with Crippen molar-refractivity contribution in [1.82, 2.24) is 4.98 Å². The summed E-state index contributed by atoms with van der Waals surface area (Å²) in [6.07, 6.45) is 0.195. The Morgan fingerprint density at radius 1 is 1.53 bits per heavy atom. The van der Waals surface area contributed by atoms with Gasteiger partial charge in [-0.3, -0.25) is 5.32 Å². The van der Waals surface area contributed by atoms with Crippen LogP contribution < -0.4 is 10.1 Å². The number of aromatic nitrogens is 1. The van der Waals surface area contributed by atoms with E-state index in [1.807, 2.05) is 0 Å². The Morgan fingerprint density at radius 2 is 2.16 bits per heavy atom. The van der Waals surface area contributed by atoms with Gasteiger partial charge in [0.1, 0.15) is 11.3 Å². The van der Waals surface area contributed by atoms with Crippen LogP contribution in [-0.2, 0) is 4.74 Å². The van der Waals surface area contributed by atoms with Crippen LogP contribution >= 0.6 is 11.6 Å². The molecule has 0 saturated heterocycles. The predicted molar refractivity (Wildman–Crippen MR) is 65.7 cm³/mol. The Morgan fingerprint density at radius 3 is 2.68 bits per heavy atom. The van der Waals surface area contributed by atoms with Crippen molar-refractivity contribution in [2.24, 2.45) is 0 Å². The van der Waals surface area contributed by atoms with E-state index in [1.165, 1.54) is 0 Å². The lowest BCUT2D eigenvalue weighted by molar-refractivity contribution is 0.0634. The first-order chi connectivity index (χ1) is 8.74. The Kier molecular flexibility index (Phi) is 4.88. The molecule has 0 aliphatic rings. The van der Waals surface area contributed by atoms with Crippen LogP contribution in [0.3, 0.4) is 0 Å². The second-order valence-electron chi connectivity index (χ2n) is 4.49. The zero-order chi connectivity index (χ0) is 14.6. The van der Waals surface area contributed by atoms with Crippen LogP contribution in [0.2, 0.25) is 5.15 Å². The largest absolute Gasteiger partial charge is 0.457 e. The highest BCUT2D eigenvalue weighted by molar-refractivity contribution is 6.29. The molecule has 0 aromatic carbocycles. The van der Waals surface area contributed by atoms with Gasteiger partial charge < -0.3 is 9.47 Å². The molecule has 0 fully saturated rings. The number of amides is 1. The molecule has 1 amide bonds. The van der Waals surface area contributed by atoms with Crippen LogP contribution in [-0.4, -0.2) is 23.5 Å². The van der Waals surface area contributed by atoms with E-state index in [1.54, 1.807) is 20.8 Å². The fraction of sp³-hybridized carbons (Fsp3) is 0.455. The van der Waals surface area contributed by atoms with E-state index in [4.69, 9.17) is 16.3 Å². The first-order valence-corrected chi connectivity index (χ1v) is 5.65. The average molecular weight is 295 g/mol. The molecule has 0 radical (unpaired) electrons. The van der Waals surface area contributed by atoms with E-state index < -0.39 is 35.3 Å². The fourth-order valence-electron chi connectivity index (χ4n) is 1.15. The van der Waals surface area contributed by atoms with Crippen LogP contribution in [0.5, 0.6) is 5.75 Å². The molecule has 1 aromatic rings. The molecule has 1 rings (SSSR count). The van der Waals surface area contributed by atoms with Crippen LogP contribution in [0, 0.1) is 5.82 Å². The van der Waals surface area contributed by atoms with Gasteiger partial charge in [0.25, 0.3) is 0 Å². The van der Waals surface area contributed by atoms with Crippen molar-refractivity contribution in [1.29, 1.82) is 0 Å². The van der Waals surface area contributed by atoms with Crippen molar-refractivity contribution in [3.05, 3.63) is 17.2 Å². The van der Waals surface area contributed by atoms with Crippen molar-refractivity contribution in [2.75, 3.05) is 12.2 Å². The highest BCUT2D eigenvalue weighted by Crippen LogP contribution is 2.31. The summed E-state index contributed by atoms with van der Waals surface area (Å²) in [5.74, 6) is -1.60. The average Bonchev–Trinajstić information content (AvgIpc) is 2.26. The van der Waals surface area contributed by atoms with Crippen molar-refractivity contribution in [2.45, 2.75) is 26.4 Å². The summed E-state index contributed by atoms with van der Waals surface area (Å²) in [6.45, 7) is 3.70. The van der Waals surface area contributed by atoms with Crippen LogP contribution in [0.1, 0.15) is 20.8 Å². The van der Waals surface area contributed by atoms with E-state index in [9.17, 15) is 13.6 Å². The highest BCUT2D eigenvalue weighted by atomic mass is 35.5. The second-order valence-corrected chi connectivity index (χ2v) is 4.84. The van der Waals surface area contributed by atoms with Gasteiger partial charge in [-0.1, -0.05) is 11.6 Å². The number of pyridine rings is 1. The number of alkyl halides is 1. The number of hydrogen-bond acceptors (Lipinski definition) is 4. The predicted octanol–water partition coefficient (Wildman–Crippen LogP) is 3.53. The number of hydrogen-bond donors (Lipinski definition) is 1. The van der Waals surface area contributed by atoms with Gasteiger partial charge in [0.05, 0.1) is 6.20 Å². The van der Waals surface area contributed by atoms with Crippen LogP contribution in [0.25, 0.3) is 0 Å². The number of carbonyl (C=O) groups is 1. The summed E-state index contributed by atoms with van der Waals surface area (Å²) in [6, 6.07) is 0. The normalized spacial score (nSPS) is 11.1. The molecule has 0 bridgehead atoms. The molecule has 106 valence electrons. The number of halogens is 3. The lowest BCUT2D eigenvalue weighted by atomic mass is 10.2. The van der Waals surface area contributed by atoms with Gasteiger partial charge >= 0.3 is 6.09 Å². The Hall–Kier alpha value is -1.63. The zero-order valence-corrected chi connectivity index (χ0v) is 11.3. The van der Waals surface area contributed by atoms with Gasteiger partial charge in [0.2, 0.25) is 12.7 Å². The van der Waals surface area contributed by atoms with Crippen molar-refractivity contribution in [3.63, 3.8) is 0 Å². The first kappa shape index (κ1) is 15.4. The number of nitrogens with zero attached hydrogens (tertiary/aromatic N) is 1. The summed E-state index contributed by atoms with van der Waals surface area (Å²) in [5, 5.41) is 1.72. The minimum absolute atomic E-state index is 0.172. The smallest absolute Gasteiger partial charge is 0.412 e. The van der Waals surface area contributed by atoms with Gasteiger partial charge in [-0.05, 0) is 20.8 Å². The summed E-state index contributed by atoms with van der Waals surface area (Å²) >= 11 is 5.43.